The molecule has 7 heteroatoms. The van der Waals surface area contributed by atoms with Crippen molar-refractivity contribution in [3.8, 4) is 5.75 Å². The zero-order valence-corrected chi connectivity index (χ0v) is 16.2. The van der Waals surface area contributed by atoms with Crippen LogP contribution < -0.4 is 27.0 Å². The molecule has 1 unspecified atom stereocenters. The molecular formula is C17H15BrClN2O2S-. The number of hydrogen-bond acceptors (Lipinski definition) is 5. The van der Waals surface area contributed by atoms with Gasteiger partial charge in [0, 0.05) is 10.6 Å². The van der Waals surface area contributed by atoms with E-state index in [1.54, 1.807) is 31.4 Å². The molecule has 0 aliphatic carbocycles. The van der Waals surface area contributed by atoms with Gasteiger partial charge in [0.2, 0.25) is 0 Å². The SMILES string of the molecule is COc1cccc2sc(NC(C)C(=O)c3ccc(Cl)cc3)nc12.[Br-]. The van der Waals surface area contributed by atoms with Crippen molar-refractivity contribution in [3.63, 3.8) is 0 Å². The Balaban J connectivity index is 0.00000208. The maximum atomic E-state index is 12.4. The summed E-state index contributed by atoms with van der Waals surface area (Å²) in [5.74, 6) is 0.719. The largest absolute Gasteiger partial charge is 1.00 e. The Morgan fingerprint density at radius 2 is 1.96 bits per heavy atom. The van der Waals surface area contributed by atoms with Crippen LogP contribution in [-0.2, 0) is 0 Å². The fourth-order valence-corrected chi connectivity index (χ4v) is 3.36. The summed E-state index contributed by atoms with van der Waals surface area (Å²) in [6, 6.07) is 12.3. The van der Waals surface area contributed by atoms with Crippen LogP contribution in [-0.4, -0.2) is 23.9 Å². The van der Waals surface area contributed by atoms with Crippen LogP contribution in [0.5, 0.6) is 5.75 Å². The van der Waals surface area contributed by atoms with Crippen LogP contribution in [0.3, 0.4) is 0 Å². The minimum Gasteiger partial charge on any atom is -1.00 e. The van der Waals surface area contributed by atoms with Gasteiger partial charge in [-0.2, -0.15) is 0 Å². The van der Waals surface area contributed by atoms with Crippen molar-refractivity contribution in [3.05, 3.63) is 53.1 Å². The zero-order chi connectivity index (χ0) is 16.4. The van der Waals surface area contributed by atoms with Gasteiger partial charge in [0.15, 0.2) is 10.9 Å². The number of carbonyl (C=O) groups is 1. The highest BCUT2D eigenvalue weighted by Crippen LogP contribution is 2.32. The predicted octanol–water partition coefficient (Wildman–Crippen LogP) is 1.65. The van der Waals surface area contributed by atoms with E-state index in [2.05, 4.69) is 10.3 Å². The molecule has 0 amide bonds. The van der Waals surface area contributed by atoms with E-state index in [0.29, 0.717) is 15.7 Å². The van der Waals surface area contributed by atoms with Gasteiger partial charge in [0.05, 0.1) is 17.9 Å². The molecule has 0 spiro atoms. The van der Waals surface area contributed by atoms with Crippen LogP contribution in [0.1, 0.15) is 17.3 Å². The Hall–Kier alpha value is -1.63. The standard InChI is InChI=1S/C17H15ClN2O2S.BrH/c1-10(16(21)11-6-8-12(18)9-7-11)19-17-20-15-13(22-2)4-3-5-14(15)23-17;/h3-10H,1-2H3,(H,19,20);1H/p-1. The van der Waals surface area contributed by atoms with Crippen LogP contribution in [0.4, 0.5) is 5.13 Å². The smallest absolute Gasteiger partial charge is 0.184 e. The van der Waals surface area contributed by atoms with E-state index in [1.807, 2.05) is 25.1 Å². The number of nitrogens with zero attached hydrogens (tertiary/aromatic N) is 1. The summed E-state index contributed by atoms with van der Waals surface area (Å²) >= 11 is 7.35. The summed E-state index contributed by atoms with van der Waals surface area (Å²) in [6.45, 7) is 1.82. The number of rotatable bonds is 5. The number of fused-ring (bicyclic) bond motifs is 1. The summed E-state index contributed by atoms with van der Waals surface area (Å²) in [7, 11) is 1.62. The first-order chi connectivity index (χ1) is 11.1. The second kappa shape index (κ2) is 7.96. The molecule has 3 aromatic rings. The Morgan fingerprint density at radius 1 is 1.25 bits per heavy atom. The number of Topliss-reactive ketones (excluding diaryl/α,β-unsaturated/α-hetero) is 1. The molecule has 24 heavy (non-hydrogen) atoms. The van der Waals surface area contributed by atoms with E-state index in [-0.39, 0.29) is 28.8 Å². The number of aromatic nitrogens is 1. The van der Waals surface area contributed by atoms with Crippen LogP contribution in [0, 0.1) is 0 Å². The van der Waals surface area contributed by atoms with Gasteiger partial charge in [-0.05, 0) is 43.3 Å². The molecule has 0 aliphatic heterocycles. The number of ether oxygens (including phenoxy) is 1. The van der Waals surface area contributed by atoms with E-state index in [9.17, 15) is 4.79 Å². The Labute approximate surface area is 159 Å². The van der Waals surface area contributed by atoms with Crippen molar-refractivity contribution >= 4 is 44.1 Å². The van der Waals surface area contributed by atoms with Gasteiger partial charge in [-0.3, -0.25) is 4.79 Å². The Kier molecular flexibility index (Phi) is 6.21. The number of anilines is 1. The van der Waals surface area contributed by atoms with Crippen LogP contribution in [0.2, 0.25) is 5.02 Å². The summed E-state index contributed by atoms with van der Waals surface area (Å²) in [5, 5.41) is 4.47. The van der Waals surface area contributed by atoms with Crippen molar-refractivity contribution in [2.75, 3.05) is 12.4 Å². The fraction of sp³-hybridized carbons (Fsp3) is 0.176. The lowest BCUT2D eigenvalue weighted by Crippen LogP contribution is -3.00. The number of methoxy groups -OCH3 is 1. The molecule has 4 nitrogen and oxygen atoms in total. The van der Waals surface area contributed by atoms with Crippen molar-refractivity contribution in [2.24, 2.45) is 0 Å². The first kappa shape index (κ1) is 18.7. The lowest BCUT2D eigenvalue weighted by Gasteiger charge is -2.11. The molecule has 1 aromatic heterocycles. The lowest BCUT2D eigenvalue weighted by molar-refractivity contribution is -0.0000122. The van der Waals surface area contributed by atoms with E-state index in [1.165, 1.54) is 11.3 Å². The van der Waals surface area contributed by atoms with Gasteiger partial charge < -0.3 is 27.0 Å². The van der Waals surface area contributed by atoms with E-state index in [0.717, 1.165) is 16.0 Å². The number of nitrogens with one attached hydrogen (secondary N) is 1. The van der Waals surface area contributed by atoms with Gasteiger partial charge in [-0.25, -0.2) is 4.98 Å². The molecule has 0 saturated heterocycles. The van der Waals surface area contributed by atoms with Gasteiger partial charge in [-0.1, -0.05) is 29.0 Å². The first-order valence-electron chi connectivity index (χ1n) is 7.08. The molecule has 1 N–H and O–H groups in total. The highest BCUT2D eigenvalue weighted by molar-refractivity contribution is 7.22. The maximum Gasteiger partial charge on any atom is 0.184 e. The van der Waals surface area contributed by atoms with Crippen molar-refractivity contribution in [1.29, 1.82) is 0 Å². The first-order valence-corrected chi connectivity index (χ1v) is 8.28. The van der Waals surface area contributed by atoms with Crippen LogP contribution >= 0.6 is 22.9 Å². The molecular weight excluding hydrogens is 412 g/mol. The van der Waals surface area contributed by atoms with E-state index >= 15 is 0 Å². The zero-order valence-electron chi connectivity index (χ0n) is 13.0. The van der Waals surface area contributed by atoms with E-state index < -0.39 is 0 Å². The van der Waals surface area contributed by atoms with Crippen molar-refractivity contribution in [2.45, 2.75) is 13.0 Å². The summed E-state index contributed by atoms with van der Waals surface area (Å²) < 4.78 is 6.32. The second-order valence-corrected chi connectivity index (χ2v) is 6.53. The monoisotopic (exact) mass is 425 g/mol. The quantitative estimate of drug-likeness (QED) is 0.630. The summed E-state index contributed by atoms with van der Waals surface area (Å²) in [4.78, 5) is 17.0. The minimum atomic E-state index is -0.386. The molecule has 0 bridgehead atoms. The highest BCUT2D eigenvalue weighted by atomic mass is 79.9. The molecule has 0 saturated carbocycles. The van der Waals surface area contributed by atoms with E-state index in [4.69, 9.17) is 16.3 Å². The number of carbonyl (C=O) groups excluding carboxylic acids is 1. The number of halogens is 2. The molecule has 0 radical (unpaired) electrons. The lowest BCUT2D eigenvalue weighted by atomic mass is 10.1. The topological polar surface area (TPSA) is 51.2 Å². The third-order valence-corrected chi connectivity index (χ3v) is 4.67. The van der Waals surface area contributed by atoms with Gasteiger partial charge in [-0.15, -0.1) is 0 Å². The Bertz CT molecular complexity index is 851. The molecule has 126 valence electrons. The number of ketones is 1. The number of benzene rings is 2. The summed E-state index contributed by atoms with van der Waals surface area (Å²) in [6.07, 6.45) is 0. The molecule has 2 aromatic carbocycles. The van der Waals surface area contributed by atoms with Gasteiger partial charge in [0.25, 0.3) is 0 Å². The molecule has 1 atom stereocenters. The number of para-hydroxylation sites is 1. The number of thiazole rings is 1. The highest BCUT2D eigenvalue weighted by Gasteiger charge is 2.17. The molecule has 0 aliphatic rings. The Morgan fingerprint density at radius 3 is 2.62 bits per heavy atom. The predicted molar refractivity (Wildman–Crippen MR) is 95.0 cm³/mol. The average Bonchev–Trinajstić information content (AvgIpc) is 2.97. The third-order valence-electron chi connectivity index (χ3n) is 3.46. The minimum absolute atomic E-state index is 0. The van der Waals surface area contributed by atoms with Gasteiger partial charge >= 0.3 is 0 Å². The normalized spacial score (nSPS) is 11.6. The van der Waals surface area contributed by atoms with Crippen molar-refractivity contribution < 1.29 is 26.5 Å². The van der Waals surface area contributed by atoms with Crippen molar-refractivity contribution in [1.82, 2.24) is 4.98 Å². The average molecular weight is 427 g/mol. The van der Waals surface area contributed by atoms with Crippen LogP contribution in [0.15, 0.2) is 42.5 Å². The molecule has 0 fully saturated rings. The van der Waals surface area contributed by atoms with Crippen LogP contribution in [0.25, 0.3) is 10.2 Å². The third kappa shape index (κ3) is 3.88. The van der Waals surface area contributed by atoms with Gasteiger partial charge in [0.1, 0.15) is 11.3 Å². The second-order valence-electron chi connectivity index (χ2n) is 5.06. The summed E-state index contributed by atoms with van der Waals surface area (Å²) in [5.41, 5.74) is 1.42. The number of hydrogen-bond donors (Lipinski definition) is 1. The fourth-order valence-electron chi connectivity index (χ4n) is 2.26. The molecule has 3 rings (SSSR count). The maximum absolute atomic E-state index is 12.4. The molecule has 1 heterocycles.